The maximum atomic E-state index is 13.5. The number of hydrogen-bond acceptors (Lipinski definition) is 3. The van der Waals surface area contributed by atoms with E-state index in [1.54, 1.807) is 18.2 Å². The van der Waals surface area contributed by atoms with Crippen LogP contribution in [-0.4, -0.2) is 11.5 Å². The number of fused-ring (bicyclic) bond motifs is 1. The summed E-state index contributed by atoms with van der Waals surface area (Å²) < 4.78 is 20.0. The normalized spacial score (nSPS) is 18.4. The average Bonchev–Trinajstić information content (AvgIpc) is 2.46. The number of halogens is 2. The molecule has 0 radical (unpaired) electrons. The van der Waals surface area contributed by atoms with E-state index in [1.165, 1.54) is 12.1 Å². The maximum absolute atomic E-state index is 13.5. The van der Waals surface area contributed by atoms with Gasteiger partial charge in [0.25, 0.3) is 5.91 Å². The van der Waals surface area contributed by atoms with Crippen LogP contribution in [0.3, 0.4) is 0 Å². The SMILES string of the molecule is CC1(C)CC(NC(=O)c2cc(F)cc(Br)c2)c2cc(N)ccc2O1. The Morgan fingerprint density at radius 2 is 2.08 bits per heavy atom. The molecule has 0 bridgehead atoms. The molecule has 1 unspecified atom stereocenters. The van der Waals surface area contributed by atoms with Crippen LogP contribution in [0.2, 0.25) is 0 Å². The fourth-order valence-electron chi connectivity index (χ4n) is 2.93. The standard InChI is InChI=1S/C18H18BrFN2O2/c1-18(2)9-15(14-8-13(21)3-4-16(14)24-18)22-17(23)10-5-11(19)7-12(20)6-10/h3-8,15H,9,21H2,1-2H3,(H,22,23). The van der Waals surface area contributed by atoms with Crippen molar-refractivity contribution in [1.29, 1.82) is 0 Å². The van der Waals surface area contributed by atoms with Crippen molar-refractivity contribution in [3.63, 3.8) is 0 Å². The summed E-state index contributed by atoms with van der Waals surface area (Å²) in [6.45, 7) is 3.93. The topological polar surface area (TPSA) is 64.4 Å². The summed E-state index contributed by atoms with van der Waals surface area (Å²) in [5.74, 6) is -0.107. The van der Waals surface area contributed by atoms with Crippen molar-refractivity contribution in [2.75, 3.05) is 5.73 Å². The van der Waals surface area contributed by atoms with E-state index in [2.05, 4.69) is 21.2 Å². The second-order valence-electron chi connectivity index (χ2n) is 6.55. The van der Waals surface area contributed by atoms with E-state index >= 15 is 0 Å². The van der Waals surface area contributed by atoms with E-state index in [-0.39, 0.29) is 17.5 Å². The molecular weight excluding hydrogens is 375 g/mol. The van der Waals surface area contributed by atoms with E-state index in [9.17, 15) is 9.18 Å². The van der Waals surface area contributed by atoms with Gasteiger partial charge in [-0.15, -0.1) is 0 Å². The van der Waals surface area contributed by atoms with Crippen molar-refractivity contribution in [2.24, 2.45) is 0 Å². The van der Waals surface area contributed by atoms with Crippen LogP contribution in [0.25, 0.3) is 0 Å². The molecule has 0 spiro atoms. The molecule has 4 nitrogen and oxygen atoms in total. The maximum Gasteiger partial charge on any atom is 0.251 e. The Morgan fingerprint density at radius 3 is 2.79 bits per heavy atom. The second-order valence-corrected chi connectivity index (χ2v) is 7.46. The zero-order valence-corrected chi connectivity index (χ0v) is 15.0. The molecule has 0 saturated heterocycles. The first-order chi connectivity index (χ1) is 11.2. The number of carbonyl (C=O) groups excluding carboxylic acids is 1. The molecule has 1 heterocycles. The summed E-state index contributed by atoms with van der Waals surface area (Å²) in [6.07, 6.45) is 0.589. The highest BCUT2D eigenvalue weighted by atomic mass is 79.9. The molecule has 126 valence electrons. The Labute approximate surface area is 148 Å². The van der Waals surface area contributed by atoms with Crippen LogP contribution in [0, 0.1) is 5.82 Å². The first-order valence-electron chi connectivity index (χ1n) is 7.59. The number of rotatable bonds is 2. The summed E-state index contributed by atoms with van der Waals surface area (Å²) in [7, 11) is 0. The minimum atomic E-state index is -0.466. The van der Waals surface area contributed by atoms with Gasteiger partial charge in [0.2, 0.25) is 0 Å². The molecule has 1 aliphatic heterocycles. The van der Waals surface area contributed by atoms with Gasteiger partial charge in [-0.1, -0.05) is 15.9 Å². The monoisotopic (exact) mass is 392 g/mol. The number of benzene rings is 2. The third kappa shape index (κ3) is 3.53. The van der Waals surface area contributed by atoms with Gasteiger partial charge in [0.1, 0.15) is 17.2 Å². The van der Waals surface area contributed by atoms with Crippen LogP contribution >= 0.6 is 15.9 Å². The molecular formula is C18H18BrFN2O2. The molecule has 3 N–H and O–H groups in total. The Bertz CT molecular complexity index is 787. The van der Waals surface area contributed by atoms with Crippen molar-refractivity contribution in [3.8, 4) is 5.75 Å². The van der Waals surface area contributed by atoms with Crippen LogP contribution < -0.4 is 15.8 Å². The van der Waals surface area contributed by atoms with Gasteiger partial charge < -0.3 is 15.8 Å². The predicted octanol–water partition coefficient (Wildman–Crippen LogP) is 4.20. The number of ether oxygens (including phenoxy) is 1. The predicted molar refractivity (Wildman–Crippen MR) is 94.5 cm³/mol. The molecule has 1 atom stereocenters. The summed E-state index contributed by atoms with van der Waals surface area (Å²) in [6, 6.07) is 9.23. The largest absolute Gasteiger partial charge is 0.487 e. The van der Waals surface area contributed by atoms with Crippen LogP contribution in [-0.2, 0) is 0 Å². The number of amides is 1. The smallest absolute Gasteiger partial charge is 0.251 e. The Morgan fingerprint density at radius 1 is 1.33 bits per heavy atom. The van der Waals surface area contributed by atoms with E-state index < -0.39 is 11.4 Å². The minimum Gasteiger partial charge on any atom is -0.487 e. The van der Waals surface area contributed by atoms with Crippen molar-refractivity contribution in [3.05, 3.63) is 57.8 Å². The zero-order valence-electron chi connectivity index (χ0n) is 13.4. The van der Waals surface area contributed by atoms with Crippen molar-refractivity contribution in [2.45, 2.75) is 31.9 Å². The molecule has 2 aromatic carbocycles. The lowest BCUT2D eigenvalue weighted by molar-refractivity contribution is 0.0620. The Balaban J connectivity index is 1.91. The summed E-state index contributed by atoms with van der Waals surface area (Å²) >= 11 is 3.20. The highest BCUT2D eigenvalue weighted by Crippen LogP contribution is 2.40. The molecule has 24 heavy (non-hydrogen) atoms. The number of nitrogens with two attached hydrogens (primary N) is 1. The van der Waals surface area contributed by atoms with E-state index in [1.807, 2.05) is 19.9 Å². The highest BCUT2D eigenvalue weighted by Gasteiger charge is 2.34. The number of nitrogen functional groups attached to an aromatic ring is 1. The van der Waals surface area contributed by atoms with Gasteiger partial charge in [-0.2, -0.15) is 0 Å². The van der Waals surface area contributed by atoms with Crippen LogP contribution in [0.1, 0.15) is 42.2 Å². The van der Waals surface area contributed by atoms with Crippen LogP contribution in [0.5, 0.6) is 5.75 Å². The number of hydrogen-bond donors (Lipinski definition) is 2. The van der Waals surface area contributed by atoms with E-state index in [0.29, 0.717) is 22.3 Å². The van der Waals surface area contributed by atoms with E-state index in [0.717, 1.165) is 5.56 Å². The molecule has 3 rings (SSSR count). The lowest BCUT2D eigenvalue weighted by Gasteiger charge is -2.38. The molecule has 0 aromatic heterocycles. The van der Waals surface area contributed by atoms with Crippen molar-refractivity contribution >= 4 is 27.5 Å². The van der Waals surface area contributed by atoms with Gasteiger partial charge in [-0.25, -0.2) is 4.39 Å². The molecule has 2 aromatic rings. The minimum absolute atomic E-state index is 0.261. The Kier molecular flexibility index (Phi) is 4.25. The first kappa shape index (κ1) is 16.8. The van der Waals surface area contributed by atoms with Gasteiger partial charge in [-0.3, -0.25) is 4.79 Å². The highest BCUT2D eigenvalue weighted by molar-refractivity contribution is 9.10. The number of anilines is 1. The third-order valence-corrected chi connectivity index (χ3v) is 4.38. The quantitative estimate of drug-likeness (QED) is 0.752. The van der Waals surface area contributed by atoms with Crippen molar-refractivity contribution < 1.29 is 13.9 Å². The fourth-order valence-corrected chi connectivity index (χ4v) is 3.39. The van der Waals surface area contributed by atoms with Gasteiger partial charge in [-0.05, 0) is 50.2 Å². The van der Waals surface area contributed by atoms with Gasteiger partial charge in [0.05, 0.1) is 6.04 Å². The van der Waals surface area contributed by atoms with Gasteiger partial charge in [0.15, 0.2) is 0 Å². The average molecular weight is 393 g/mol. The first-order valence-corrected chi connectivity index (χ1v) is 8.38. The molecule has 0 fully saturated rings. The number of carbonyl (C=O) groups is 1. The lowest BCUT2D eigenvalue weighted by Crippen LogP contribution is -2.41. The molecule has 1 aliphatic rings. The van der Waals surface area contributed by atoms with Crippen LogP contribution in [0.4, 0.5) is 10.1 Å². The van der Waals surface area contributed by atoms with Crippen molar-refractivity contribution in [1.82, 2.24) is 5.32 Å². The second kappa shape index (κ2) is 6.09. The fraction of sp³-hybridized carbons (Fsp3) is 0.278. The molecule has 0 aliphatic carbocycles. The zero-order chi connectivity index (χ0) is 17.5. The Hall–Kier alpha value is -2.08. The lowest BCUT2D eigenvalue weighted by atomic mass is 9.89. The van der Waals surface area contributed by atoms with Gasteiger partial charge >= 0.3 is 0 Å². The molecule has 1 amide bonds. The summed E-state index contributed by atoms with van der Waals surface area (Å²) in [4.78, 5) is 12.6. The van der Waals surface area contributed by atoms with E-state index in [4.69, 9.17) is 10.5 Å². The van der Waals surface area contributed by atoms with Gasteiger partial charge in [0, 0.05) is 27.7 Å². The molecule has 0 saturated carbocycles. The summed E-state index contributed by atoms with van der Waals surface area (Å²) in [5.41, 5.74) is 7.14. The molecule has 6 heteroatoms. The summed E-state index contributed by atoms with van der Waals surface area (Å²) in [5, 5.41) is 2.97. The van der Waals surface area contributed by atoms with Crippen LogP contribution in [0.15, 0.2) is 40.9 Å². The third-order valence-electron chi connectivity index (χ3n) is 3.92. The number of nitrogens with one attached hydrogen (secondary N) is 1.